The summed E-state index contributed by atoms with van der Waals surface area (Å²) in [4.78, 5) is 43.2. The quantitative estimate of drug-likeness (QED) is 0.670. The van der Waals surface area contributed by atoms with E-state index in [1.54, 1.807) is 39.1 Å². The maximum atomic E-state index is 13.3. The van der Waals surface area contributed by atoms with E-state index in [0.29, 0.717) is 24.8 Å². The molecule has 0 spiro atoms. The van der Waals surface area contributed by atoms with E-state index in [1.165, 1.54) is 24.0 Å². The van der Waals surface area contributed by atoms with Crippen LogP contribution in [-0.4, -0.2) is 59.5 Å². The van der Waals surface area contributed by atoms with Crippen LogP contribution in [0.5, 0.6) is 0 Å². The minimum atomic E-state index is -1.11. The number of aliphatic imine (C=N–C) groups is 1. The number of dihydropyridines is 1. The van der Waals surface area contributed by atoms with E-state index in [0.717, 1.165) is 5.56 Å². The molecule has 0 radical (unpaired) electrons. The van der Waals surface area contributed by atoms with Crippen molar-refractivity contribution in [3.8, 4) is 0 Å². The van der Waals surface area contributed by atoms with E-state index in [-0.39, 0.29) is 46.8 Å². The second kappa shape index (κ2) is 9.52. The Hall–Kier alpha value is -3.55. The number of aliphatic hydroxyl groups excluding tert-OH is 1. The van der Waals surface area contributed by atoms with E-state index >= 15 is 0 Å². The number of amides is 2. The highest BCUT2D eigenvalue weighted by Gasteiger charge is 2.32. The number of benzene rings is 1. The predicted molar refractivity (Wildman–Crippen MR) is 123 cm³/mol. The second-order valence-corrected chi connectivity index (χ2v) is 8.93. The van der Waals surface area contributed by atoms with Gasteiger partial charge in [-0.05, 0) is 44.9 Å². The van der Waals surface area contributed by atoms with Crippen LogP contribution in [0.1, 0.15) is 26.3 Å². The Morgan fingerprint density at radius 2 is 2.00 bits per heavy atom. The van der Waals surface area contributed by atoms with E-state index in [1.807, 2.05) is 6.08 Å². The SMILES string of the molecule is C/C1=C(/O)C2=NCC(Cc3ccc(F)cc3)C=C2/C(C(=O)NC(C)(C)C=O)=C/CN(C)C1=O. The lowest BCUT2D eigenvalue weighted by atomic mass is 9.87. The maximum absolute atomic E-state index is 13.3. The zero-order chi connectivity index (χ0) is 24.3. The molecule has 2 amide bonds. The molecule has 2 N–H and O–H groups in total. The summed E-state index contributed by atoms with van der Waals surface area (Å²) in [6.07, 6.45) is 4.64. The van der Waals surface area contributed by atoms with Crippen molar-refractivity contribution in [1.29, 1.82) is 0 Å². The first-order chi connectivity index (χ1) is 15.5. The molecule has 0 saturated heterocycles. The molecular weight excluding hydrogens is 425 g/mol. The van der Waals surface area contributed by atoms with Crippen molar-refractivity contribution in [3.63, 3.8) is 0 Å². The number of hydrogen-bond acceptors (Lipinski definition) is 5. The number of halogens is 1. The minimum Gasteiger partial charge on any atom is -0.505 e. The molecule has 0 fully saturated rings. The van der Waals surface area contributed by atoms with Crippen molar-refractivity contribution >= 4 is 23.8 Å². The van der Waals surface area contributed by atoms with Crippen molar-refractivity contribution in [2.75, 3.05) is 20.1 Å². The number of fused-ring (bicyclic) bond motifs is 1. The number of likely N-dealkylation sites (N-methyl/N-ethyl adjacent to an activating group) is 1. The number of rotatable bonds is 5. The average Bonchev–Trinajstić information content (AvgIpc) is 2.81. The van der Waals surface area contributed by atoms with Crippen LogP contribution >= 0.6 is 0 Å². The smallest absolute Gasteiger partial charge is 0.253 e. The molecule has 1 unspecified atom stereocenters. The van der Waals surface area contributed by atoms with Gasteiger partial charge < -0.3 is 20.1 Å². The van der Waals surface area contributed by atoms with Crippen LogP contribution < -0.4 is 5.32 Å². The second-order valence-electron chi connectivity index (χ2n) is 8.93. The normalized spacial score (nSPS) is 23.2. The van der Waals surface area contributed by atoms with Gasteiger partial charge in [0.1, 0.15) is 23.6 Å². The molecule has 1 aromatic carbocycles. The minimum absolute atomic E-state index is 0.119. The van der Waals surface area contributed by atoms with E-state index in [4.69, 9.17) is 0 Å². The fraction of sp³-hybridized carbons (Fsp3) is 0.360. The fourth-order valence-corrected chi connectivity index (χ4v) is 3.72. The predicted octanol–water partition coefficient (Wildman–Crippen LogP) is 2.69. The highest BCUT2D eigenvalue weighted by atomic mass is 19.1. The molecule has 2 heterocycles. The van der Waals surface area contributed by atoms with Gasteiger partial charge in [0.15, 0.2) is 0 Å². The maximum Gasteiger partial charge on any atom is 0.253 e. The molecule has 33 heavy (non-hydrogen) atoms. The molecular formula is C25H28FN3O4. The number of allylic oxidation sites excluding steroid dienone is 1. The molecule has 174 valence electrons. The molecule has 0 aromatic heterocycles. The van der Waals surface area contributed by atoms with Crippen LogP contribution in [0.15, 0.2) is 63.9 Å². The van der Waals surface area contributed by atoms with Crippen molar-refractivity contribution < 1.29 is 23.9 Å². The van der Waals surface area contributed by atoms with Crippen LogP contribution in [-0.2, 0) is 20.8 Å². The summed E-state index contributed by atoms with van der Waals surface area (Å²) >= 11 is 0. The molecule has 7 nitrogen and oxygen atoms in total. The van der Waals surface area contributed by atoms with Crippen molar-refractivity contribution in [1.82, 2.24) is 10.2 Å². The monoisotopic (exact) mass is 453 g/mol. The van der Waals surface area contributed by atoms with Gasteiger partial charge in [-0.25, -0.2) is 4.39 Å². The first-order valence-electron chi connectivity index (χ1n) is 10.7. The van der Waals surface area contributed by atoms with Gasteiger partial charge >= 0.3 is 0 Å². The van der Waals surface area contributed by atoms with E-state index < -0.39 is 11.4 Å². The summed E-state index contributed by atoms with van der Waals surface area (Å²) < 4.78 is 13.3. The number of carbonyl (C=O) groups excluding carboxylic acids is 3. The Morgan fingerprint density at radius 3 is 2.64 bits per heavy atom. The molecule has 2 aliphatic heterocycles. The van der Waals surface area contributed by atoms with Gasteiger partial charge in [0.05, 0.1) is 11.1 Å². The third-order valence-corrected chi connectivity index (χ3v) is 5.63. The Kier molecular flexibility index (Phi) is 6.95. The zero-order valence-corrected chi connectivity index (χ0v) is 19.2. The molecule has 3 rings (SSSR count). The summed E-state index contributed by atoms with van der Waals surface area (Å²) in [5, 5.41) is 13.6. The van der Waals surface area contributed by atoms with E-state index in [9.17, 15) is 23.9 Å². The molecule has 0 aliphatic carbocycles. The Labute approximate surface area is 192 Å². The van der Waals surface area contributed by atoms with Gasteiger partial charge in [0.25, 0.3) is 11.8 Å². The Bertz CT molecular complexity index is 1100. The van der Waals surface area contributed by atoms with Crippen molar-refractivity contribution in [2.45, 2.75) is 32.7 Å². The lowest BCUT2D eigenvalue weighted by Crippen LogP contribution is -2.46. The van der Waals surface area contributed by atoms with Crippen LogP contribution in [0, 0.1) is 11.7 Å². The Balaban J connectivity index is 2.07. The van der Waals surface area contributed by atoms with Gasteiger partial charge in [-0.3, -0.25) is 14.6 Å². The van der Waals surface area contributed by atoms with Crippen molar-refractivity contribution in [3.05, 3.63) is 70.3 Å². The third-order valence-electron chi connectivity index (χ3n) is 5.63. The molecule has 1 aromatic rings. The molecule has 1 atom stereocenters. The van der Waals surface area contributed by atoms with Crippen LogP contribution in [0.2, 0.25) is 0 Å². The standard InChI is InChI=1S/C25H28FN3O4/c1-15-22(31)21-20(12-17(13-27-21)11-16-5-7-18(26)8-6-16)19(9-10-29(4)24(15)33)23(32)28-25(2,3)14-30/h5-9,12,14,17,31H,10-11,13H2,1-4H3,(H,28,32)/b19-9-,22-15-. The molecule has 2 aliphatic rings. The number of hydrogen-bond donors (Lipinski definition) is 2. The molecule has 0 bridgehead atoms. The topological polar surface area (TPSA) is 99.1 Å². The first kappa shape index (κ1) is 24.1. The number of nitrogens with one attached hydrogen (secondary N) is 1. The first-order valence-corrected chi connectivity index (χ1v) is 10.7. The van der Waals surface area contributed by atoms with Crippen LogP contribution in [0.25, 0.3) is 0 Å². The molecule has 0 saturated carbocycles. The summed E-state index contributed by atoms with van der Waals surface area (Å²) in [6.45, 7) is 5.12. The Morgan fingerprint density at radius 1 is 1.33 bits per heavy atom. The summed E-state index contributed by atoms with van der Waals surface area (Å²) in [5.41, 5.74) is 0.703. The number of aliphatic hydroxyl groups is 1. The highest BCUT2D eigenvalue weighted by molar-refractivity contribution is 6.22. The molecule has 8 heteroatoms. The fourth-order valence-electron chi connectivity index (χ4n) is 3.72. The largest absolute Gasteiger partial charge is 0.505 e. The zero-order valence-electron chi connectivity index (χ0n) is 19.2. The van der Waals surface area contributed by atoms with Crippen LogP contribution in [0.3, 0.4) is 0 Å². The summed E-state index contributed by atoms with van der Waals surface area (Å²) in [6, 6.07) is 6.17. The summed E-state index contributed by atoms with van der Waals surface area (Å²) in [5.74, 6) is -1.62. The van der Waals surface area contributed by atoms with Gasteiger partial charge in [0.2, 0.25) is 0 Å². The number of carbonyl (C=O) groups is 3. The van der Waals surface area contributed by atoms with Crippen molar-refractivity contribution in [2.24, 2.45) is 10.9 Å². The van der Waals surface area contributed by atoms with Gasteiger partial charge in [-0.2, -0.15) is 0 Å². The van der Waals surface area contributed by atoms with E-state index in [2.05, 4.69) is 10.3 Å². The average molecular weight is 454 g/mol. The van der Waals surface area contributed by atoms with Gasteiger partial charge in [0, 0.05) is 37.2 Å². The number of nitrogens with zero attached hydrogens (tertiary/aromatic N) is 2. The lowest BCUT2D eigenvalue weighted by molar-refractivity contribution is -0.125. The van der Waals surface area contributed by atoms with Gasteiger partial charge in [-0.15, -0.1) is 0 Å². The number of aldehydes is 1. The van der Waals surface area contributed by atoms with Gasteiger partial charge in [-0.1, -0.05) is 24.3 Å². The summed E-state index contributed by atoms with van der Waals surface area (Å²) in [7, 11) is 1.57. The van der Waals surface area contributed by atoms with Crippen LogP contribution in [0.4, 0.5) is 4.39 Å². The lowest BCUT2D eigenvalue weighted by Gasteiger charge is -2.25. The third kappa shape index (κ3) is 5.45. The highest BCUT2D eigenvalue weighted by Crippen LogP contribution is 2.28.